The number of hydrogen-bond acceptors (Lipinski definition) is 4. The molecule has 2 bridgehead atoms. The summed E-state index contributed by atoms with van der Waals surface area (Å²) in [5.41, 5.74) is 7.34. The van der Waals surface area contributed by atoms with Crippen molar-refractivity contribution in [3.63, 3.8) is 0 Å². The Morgan fingerprint density at radius 2 is 2.00 bits per heavy atom. The normalized spacial score (nSPS) is 29.9. The molecule has 5 nitrogen and oxygen atoms in total. The third-order valence-electron chi connectivity index (χ3n) is 5.52. The fourth-order valence-corrected chi connectivity index (χ4v) is 4.12. The number of pyridine rings is 1. The molecule has 1 amide bonds. The Labute approximate surface area is 138 Å². The Morgan fingerprint density at radius 1 is 1.30 bits per heavy atom. The molecule has 0 aromatic carbocycles. The lowest BCUT2D eigenvalue weighted by atomic mass is 9.65. The first-order chi connectivity index (χ1) is 11.0. The highest BCUT2D eigenvalue weighted by Crippen LogP contribution is 2.41. The largest absolute Gasteiger partial charge is 0.363 e. The van der Waals surface area contributed by atoms with Crippen LogP contribution in [0.2, 0.25) is 0 Å². The molecule has 2 saturated carbocycles. The molecule has 2 fully saturated rings. The molecule has 0 spiro atoms. The molecule has 1 aromatic heterocycles. The number of nitrogens with one attached hydrogen (secondary N) is 1. The van der Waals surface area contributed by atoms with Gasteiger partial charge in [0.2, 0.25) is 5.91 Å². The highest BCUT2D eigenvalue weighted by atomic mass is 16.1. The maximum Gasteiger partial charge on any atom is 0.223 e. The molecule has 3 rings (SSSR count). The van der Waals surface area contributed by atoms with E-state index in [4.69, 9.17) is 5.73 Å². The molecule has 2 unspecified atom stereocenters. The average Bonchev–Trinajstić information content (AvgIpc) is 2.52. The SMILES string of the molecule is CN(C)c1ccc(CNC(=O)C2CC3CCCC(C2)C3N)cn1. The van der Waals surface area contributed by atoms with E-state index in [1.807, 2.05) is 37.3 Å². The first-order valence-electron chi connectivity index (χ1n) is 8.70. The molecule has 0 radical (unpaired) electrons. The first kappa shape index (κ1) is 16.2. The summed E-state index contributed by atoms with van der Waals surface area (Å²) in [6.45, 7) is 0.553. The molecule has 2 aliphatic carbocycles. The first-order valence-corrected chi connectivity index (χ1v) is 8.70. The molecule has 1 heterocycles. The zero-order valence-electron chi connectivity index (χ0n) is 14.2. The van der Waals surface area contributed by atoms with Crippen molar-refractivity contribution in [2.45, 2.75) is 44.7 Å². The van der Waals surface area contributed by atoms with Crippen LogP contribution in [0.1, 0.15) is 37.7 Å². The number of carbonyl (C=O) groups excluding carboxylic acids is 1. The molecule has 1 aromatic rings. The van der Waals surface area contributed by atoms with Crippen LogP contribution in [0.25, 0.3) is 0 Å². The molecule has 2 aliphatic rings. The van der Waals surface area contributed by atoms with Gasteiger partial charge in [0.1, 0.15) is 5.82 Å². The van der Waals surface area contributed by atoms with Gasteiger partial charge >= 0.3 is 0 Å². The Balaban J connectivity index is 1.53. The van der Waals surface area contributed by atoms with Crippen molar-refractivity contribution in [3.05, 3.63) is 23.9 Å². The Kier molecular flexibility index (Phi) is 4.85. The second kappa shape index (κ2) is 6.87. The van der Waals surface area contributed by atoms with Gasteiger partial charge in [0, 0.05) is 38.8 Å². The number of fused-ring (bicyclic) bond motifs is 2. The number of carbonyl (C=O) groups is 1. The van der Waals surface area contributed by atoms with Gasteiger partial charge in [0.05, 0.1) is 0 Å². The van der Waals surface area contributed by atoms with Crippen LogP contribution in [0.15, 0.2) is 18.3 Å². The van der Waals surface area contributed by atoms with Crippen molar-refractivity contribution in [1.82, 2.24) is 10.3 Å². The van der Waals surface area contributed by atoms with E-state index < -0.39 is 0 Å². The van der Waals surface area contributed by atoms with Crippen LogP contribution in [-0.4, -0.2) is 31.0 Å². The number of aromatic nitrogens is 1. The molecule has 2 atom stereocenters. The van der Waals surface area contributed by atoms with E-state index in [2.05, 4.69) is 10.3 Å². The fourth-order valence-electron chi connectivity index (χ4n) is 4.12. The average molecular weight is 316 g/mol. The minimum absolute atomic E-state index is 0.138. The van der Waals surface area contributed by atoms with Crippen molar-refractivity contribution in [2.24, 2.45) is 23.5 Å². The van der Waals surface area contributed by atoms with Gasteiger partial charge in [-0.05, 0) is 49.1 Å². The minimum atomic E-state index is 0.138. The summed E-state index contributed by atoms with van der Waals surface area (Å²) in [7, 11) is 3.93. The molecule has 5 heteroatoms. The fraction of sp³-hybridized carbons (Fsp3) is 0.667. The van der Waals surface area contributed by atoms with Gasteiger partial charge in [0.25, 0.3) is 0 Å². The van der Waals surface area contributed by atoms with E-state index in [0.717, 1.165) is 24.2 Å². The second-order valence-electron chi connectivity index (χ2n) is 7.33. The van der Waals surface area contributed by atoms with E-state index in [-0.39, 0.29) is 11.8 Å². The molecule has 23 heavy (non-hydrogen) atoms. The Bertz CT molecular complexity index is 528. The Morgan fingerprint density at radius 3 is 2.57 bits per heavy atom. The monoisotopic (exact) mass is 316 g/mol. The van der Waals surface area contributed by atoms with E-state index >= 15 is 0 Å². The number of amides is 1. The molecule has 0 saturated heterocycles. The van der Waals surface area contributed by atoms with Crippen LogP contribution in [0.4, 0.5) is 5.82 Å². The number of nitrogens with zero attached hydrogens (tertiary/aromatic N) is 2. The summed E-state index contributed by atoms with van der Waals surface area (Å²) in [5.74, 6) is 2.33. The molecule has 126 valence electrons. The van der Waals surface area contributed by atoms with Crippen LogP contribution in [0.5, 0.6) is 0 Å². The van der Waals surface area contributed by atoms with Gasteiger partial charge in [-0.25, -0.2) is 4.98 Å². The third kappa shape index (κ3) is 3.66. The second-order valence-corrected chi connectivity index (χ2v) is 7.33. The zero-order valence-corrected chi connectivity index (χ0v) is 14.2. The van der Waals surface area contributed by atoms with Crippen molar-refractivity contribution in [3.8, 4) is 0 Å². The van der Waals surface area contributed by atoms with Crippen molar-refractivity contribution >= 4 is 11.7 Å². The minimum Gasteiger partial charge on any atom is -0.363 e. The summed E-state index contributed by atoms with van der Waals surface area (Å²) >= 11 is 0. The van der Waals surface area contributed by atoms with E-state index in [0.29, 0.717) is 24.4 Å². The quantitative estimate of drug-likeness (QED) is 0.890. The van der Waals surface area contributed by atoms with Crippen molar-refractivity contribution in [2.75, 3.05) is 19.0 Å². The van der Waals surface area contributed by atoms with Crippen LogP contribution in [-0.2, 0) is 11.3 Å². The smallest absolute Gasteiger partial charge is 0.223 e. The van der Waals surface area contributed by atoms with Crippen LogP contribution >= 0.6 is 0 Å². The number of nitrogens with two attached hydrogens (primary N) is 1. The predicted octanol–water partition coefficient (Wildman–Crippen LogP) is 1.92. The lowest BCUT2D eigenvalue weighted by Crippen LogP contribution is -2.49. The van der Waals surface area contributed by atoms with Crippen LogP contribution in [0.3, 0.4) is 0 Å². The zero-order chi connectivity index (χ0) is 16.4. The van der Waals surface area contributed by atoms with E-state index in [1.165, 1.54) is 19.3 Å². The molecule has 3 N–H and O–H groups in total. The van der Waals surface area contributed by atoms with Crippen LogP contribution < -0.4 is 16.0 Å². The maximum absolute atomic E-state index is 12.5. The van der Waals surface area contributed by atoms with E-state index in [9.17, 15) is 4.79 Å². The summed E-state index contributed by atoms with van der Waals surface area (Å²) < 4.78 is 0. The standard InChI is InChI=1S/C18H28N4O/c1-22(2)16-7-6-12(10-20-16)11-21-18(23)15-8-13-4-3-5-14(9-15)17(13)19/h6-7,10,13-15,17H,3-5,8-9,11,19H2,1-2H3,(H,21,23). The predicted molar refractivity (Wildman–Crippen MR) is 91.9 cm³/mol. The van der Waals surface area contributed by atoms with E-state index in [1.54, 1.807) is 0 Å². The number of rotatable bonds is 4. The highest BCUT2D eigenvalue weighted by Gasteiger charge is 2.40. The van der Waals surface area contributed by atoms with Gasteiger partial charge in [-0.2, -0.15) is 0 Å². The lowest BCUT2D eigenvalue weighted by molar-refractivity contribution is -0.128. The summed E-state index contributed by atoms with van der Waals surface area (Å²) in [5, 5.41) is 3.09. The summed E-state index contributed by atoms with van der Waals surface area (Å²) in [6.07, 6.45) is 7.42. The highest BCUT2D eigenvalue weighted by molar-refractivity contribution is 5.78. The van der Waals surface area contributed by atoms with Gasteiger partial charge in [-0.15, -0.1) is 0 Å². The Hall–Kier alpha value is -1.62. The maximum atomic E-state index is 12.5. The topological polar surface area (TPSA) is 71.2 Å². The number of anilines is 1. The van der Waals surface area contributed by atoms with Crippen LogP contribution in [0, 0.1) is 17.8 Å². The van der Waals surface area contributed by atoms with Gasteiger partial charge in [0.15, 0.2) is 0 Å². The van der Waals surface area contributed by atoms with Gasteiger partial charge < -0.3 is 16.0 Å². The van der Waals surface area contributed by atoms with Gasteiger partial charge in [-0.3, -0.25) is 4.79 Å². The molecular formula is C18H28N4O. The number of hydrogen-bond donors (Lipinski definition) is 2. The van der Waals surface area contributed by atoms with Crippen molar-refractivity contribution < 1.29 is 4.79 Å². The molecular weight excluding hydrogens is 288 g/mol. The third-order valence-corrected chi connectivity index (χ3v) is 5.52. The summed E-state index contributed by atoms with van der Waals surface area (Å²) in [4.78, 5) is 18.9. The summed E-state index contributed by atoms with van der Waals surface area (Å²) in [6, 6.07) is 4.31. The van der Waals surface area contributed by atoms with Gasteiger partial charge in [-0.1, -0.05) is 12.5 Å². The lowest BCUT2D eigenvalue weighted by Gasteiger charge is -2.43. The molecule has 0 aliphatic heterocycles. The van der Waals surface area contributed by atoms with Crippen molar-refractivity contribution in [1.29, 1.82) is 0 Å².